The Balaban J connectivity index is 1.44. The van der Waals surface area contributed by atoms with Gasteiger partial charge in [0.05, 0.1) is 11.1 Å². The number of aromatic nitrogens is 2. The Kier molecular flexibility index (Phi) is 5.98. The second-order valence-electron chi connectivity index (χ2n) is 8.17. The summed E-state index contributed by atoms with van der Waals surface area (Å²) in [6.45, 7) is 1.89. The van der Waals surface area contributed by atoms with Crippen molar-refractivity contribution in [2.45, 2.75) is 18.9 Å². The minimum absolute atomic E-state index is 0.234. The Labute approximate surface area is 200 Å². The second-order valence-corrected chi connectivity index (χ2v) is 9.25. The van der Waals surface area contributed by atoms with Crippen molar-refractivity contribution in [3.05, 3.63) is 96.1 Å². The van der Waals surface area contributed by atoms with Crippen molar-refractivity contribution in [1.29, 1.82) is 0 Å². The van der Waals surface area contributed by atoms with Gasteiger partial charge in [-0.15, -0.1) is 0 Å². The number of amides is 1. The lowest BCUT2D eigenvalue weighted by molar-refractivity contribution is 0.0977. The van der Waals surface area contributed by atoms with Gasteiger partial charge in [-0.1, -0.05) is 42.1 Å². The number of hydrogen-bond donors (Lipinski definition) is 2. The average molecular weight is 472 g/mol. The third-order valence-corrected chi connectivity index (χ3v) is 6.66. The van der Waals surface area contributed by atoms with E-state index in [1.54, 1.807) is 24.3 Å². The van der Waals surface area contributed by atoms with E-state index in [4.69, 9.17) is 4.99 Å². The van der Waals surface area contributed by atoms with E-state index in [-0.39, 0.29) is 11.7 Å². The Morgan fingerprint density at radius 1 is 1.03 bits per heavy atom. The summed E-state index contributed by atoms with van der Waals surface area (Å²) in [7, 11) is 0. The molecule has 1 atom stereocenters. The van der Waals surface area contributed by atoms with E-state index in [1.807, 2.05) is 49.4 Å². The molecule has 1 aliphatic rings. The molecule has 2 heterocycles. The molecule has 170 valence electrons. The Morgan fingerprint density at radius 2 is 1.82 bits per heavy atom. The Morgan fingerprint density at radius 3 is 2.68 bits per heavy atom. The summed E-state index contributed by atoms with van der Waals surface area (Å²) < 4.78 is 15.0. The van der Waals surface area contributed by atoms with Crippen molar-refractivity contribution in [1.82, 2.24) is 15.3 Å². The first kappa shape index (κ1) is 22.0. The number of nitrogens with zero attached hydrogens (tertiary/aromatic N) is 3. The Hall–Kier alpha value is -3.78. The van der Waals surface area contributed by atoms with Crippen molar-refractivity contribution in [2.75, 3.05) is 11.1 Å². The molecule has 0 bridgehead atoms. The topological polar surface area (TPSA) is 79.3 Å². The molecule has 0 radical (unpaired) electrons. The van der Waals surface area contributed by atoms with Gasteiger partial charge in [-0.25, -0.2) is 14.4 Å². The van der Waals surface area contributed by atoms with Crippen LogP contribution in [0.15, 0.2) is 84.1 Å². The maximum absolute atomic E-state index is 15.0. The van der Waals surface area contributed by atoms with E-state index in [0.717, 1.165) is 10.9 Å². The van der Waals surface area contributed by atoms with Crippen LogP contribution in [0.5, 0.6) is 0 Å². The van der Waals surface area contributed by atoms with Crippen molar-refractivity contribution < 1.29 is 9.18 Å². The maximum atomic E-state index is 15.0. The van der Waals surface area contributed by atoms with E-state index in [2.05, 4.69) is 20.6 Å². The number of nitrogens with one attached hydrogen (secondary N) is 2. The summed E-state index contributed by atoms with van der Waals surface area (Å²) in [6.07, 6.45) is 2.14. The van der Waals surface area contributed by atoms with Crippen molar-refractivity contribution in [3.8, 4) is 0 Å². The number of benzene rings is 3. The minimum Gasteiger partial charge on any atom is -0.340 e. The summed E-state index contributed by atoms with van der Waals surface area (Å²) in [5, 5.41) is 7.53. The number of para-hydroxylation sites is 1. The monoisotopic (exact) mass is 471 g/mol. The second kappa shape index (κ2) is 9.23. The van der Waals surface area contributed by atoms with E-state index >= 15 is 4.39 Å². The summed E-state index contributed by atoms with van der Waals surface area (Å²) in [6, 6.07) is 21.5. The van der Waals surface area contributed by atoms with E-state index < -0.39 is 5.54 Å². The minimum atomic E-state index is -0.819. The first-order valence-electron chi connectivity index (χ1n) is 10.9. The zero-order valence-electron chi connectivity index (χ0n) is 18.5. The Bertz CT molecular complexity index is 1390. The van der Waals surface area contributed by atoms with Gasteiger partial charge in [-0.3, -0.25) is 9.79 Å². The largest absolute Gasteiger partial charge is 0.340 e. The maximum Gasteiger partial charge on any atom is 0.257 e. The van der Waals surface area contributed by atoms with Gasteiger partial charge in [0.15, 0.2) is 5.17 Å². The molecule has 3 aromatic carbocycles. The smallest absolute Gasteiger partial charge is 0.257 e. The van der Waals surface area contributed by atoms with Crippen molar-refractivity contribution >= 4 is 45.2 Å². The molecule has 0 spiro atoms. The fourth-order valence-electron chi connectivity index (χ4n) is 3.93. The van der Waals surface area contributed by atoms with Crippen LogP contribution in [0.2, 0.25) is 0 Å². The molecule has 0 aliphatic carbocycles. The normalized spacial score (nSPS) is 17.8. The third-order valence-electron chi connectivity index (χ3n) is 5.78. The lowest BCUT2D eigenvalue weighted by atomic mass is 9.89. The summed E-state index contributed by atoms with van der Waals surface area (Å²) in [5.41, 5.74) is 1.71. The molecule has 1 aliphatic heterocycles. The highest BCUT2D eigenvalue weighted by Crippen LogP contribution is 2.38. The summed E-state index contributed by atoms with van der Waals surface area (Å²) in [5.74, 6) is 0.775. The van der Waals surface area contributed by atoms with Crippen LogP contribution >= 0.6 is 11.8 Å². The number of aliphatic imine (C=N–C) groups is 1. The molecule has 2 N–H and O–H groups in total. The van der Waals surface area contributed by atoms with Gasteiger partial charge in [0.25, 0.3) is 5.91 Å². The zero-order chi connectivity index (χ0) is 23.5. The average Bonchev–Trinajstić information content (AvgIpc) is 2.86. The summed E-state index contributed by atoms with van der Waals surface area (Å²) in [4.78, 5) is 26.0. The van der Waals surface area contributed by atoms with Crippen LogP contribution in [-0.2, 0) is 5.54 Å². The molecule has 1 amide bonds. The molecule has 0 saturated carbocycles. The number of halogens is 1. The highest BCUT2D eigenvalue weighted by atomic mass is 32.2. The van der Waals surface area contributed by atoms with Gasteiger partial charge in [0.1, 0.15) is 18.0 Å². The zero-order valence-corrected chi connectivity index (χ0v) is 19.3. The number of amidine groups is 1. The van der Waals surface area contributed by atoms with Crippen molar-refractivity contribution in [2.24, 2.45) is 4.99 Å². The van der Waals surface area contributed by atoms with Gasteiger partial charge in [0.2, 0.25) is 0 Å². The molecule has 0 unspecified atom stereocenters. The van der Waals surface area contributed by atoms with Gasteiger partial charge < -0.3 is 10.6 Å². The molecular formula is C26H22FN5OS. The van der Waals surface area contributed by atoms with E-state index in [9.17, 15) is 4.79 Å². The van der Waals surface area contributed by atoms with E-state index in [0.29, 0.717) is 40.0 Å². The van der Waals surface area contributed by atoms with Crippen molar-refractivity contribution in [3.63, 3.8) is 0 Å². The van der Waals surface area contributed by atoms with Crippen LogP contribution in [0.3, 0.4) is 0 Å². The first-order valence-corrected chi connectivity index (χ1v) is 11.9. The quantitative estimate of drug-likeness (QED) is 0.402. The van der Waals surface area contributed by atoms with Crippen LogP contribution in [0.1, 0.15) is 29.3 Å². The first-order chi connectivity index (χ1) is 16.5. The fraction of sp³-hybridized carbons (Fsp3) is 0.154. The van der Waals surface area contributed by atoms with E-state index in [1.165, 1.54) is 24.2 Å². The van der Waals surface area contributed by atoms with Gasteiger partial charge in [-0.2, -0.15) is 0 Å². The molecule has 34 heavy (non-hydrogen) atoms. The fourth-order valence-corrected chi connectivity index (χ4v) is 5.06. The van der Waals surface area contributed by atoms with Gasteiger partial charge >= 0.3 is 0 Å². The lowest BCUT2D eigenvalue weighted by Crippen LogP contribution is -2.35. The number of rotatable bonds is 4. The van der Waals surface area contributed by atoms with Crippen LogP contribution < -0.4 is 10.6 Å². The molecular weight excluding hydrogens is 449 g/mol. The molecule has 0 saturated heterocycles. The number of anilines is 2. The lowest BCUT2D eigenvalue weighted by Gasteiger charge is -2.31. The molecule has 6 nitrogen and oxygen atoms in total. The number of hydrogen-bond acceptors (Lipinski definition) is 6. The molecule has 0 fully saturated rings. The molecule has 4 aromatic rings. The predicted octanol–water partition coefficient (Wildman–Crippen LogP) is 5.65. The predicted molar refractivity (Wildman–Crippen MR) is 135 cm³/mol. The molecule has 1 aromatic heterocycles. The number of carbonyl (C=O) groups is 1. The van der Waals surface area contributed by atoms with Crippen LogP contribution in [0.4, 0.5) is 15.9 Å². The van der Waals surface area contributed by atoms with Gasteiger partial charge in [-0.05, 0) is 55.8 Å². The standard InChI is InChI=1S/C26H22FN5OS/c1-26(13-14-34-25(32-26)31-24(33)17-7-3-2-4-8-17)20-15-18(11-12-21(20)27)30-23-19-9-5-6-10-22(19)28-16-29-23/h2-12,15-16H,13-14H2,1H3,(H,28,29,30)(H,31,32,33)/t26-/m0/s1. The summed E-state index contributed by atoms with van der Waals surface area (Å²) >= 11 is 1.46. The van der Waals surface area contributed by atoms with Crippen LogP contribution in [0.25, 0.3) is 10.9 Å². The molecule has 5 rings (SSSR count). The SMILES string of the molecule is C[C@@]1(c2cc(Nc3ncnc4ccccc34)ccc2F)CCSC(NC(=O)c2ccccc2)=N1. The number of fused-ring (bicyclic) bond motifs is 1. The highest BCUT2D eigenvalue weighted by Gasteiger charge is 2.33. The number of carbonyl (C=O) groups excluding carboxylic acids is 1. The third kappa shape index (κ3) is 4.49. The van der Waals surface area contributed by atoms with Gasteiger partial charge in [0, 0.05) is 28.0 Å². The molecule has 8 heteroatoms. The van der Waals surface area contributed by atoms with Crippen LogP contribution in [0, 0.1) is 5.82 Å². The number of thioether (sulfide) groups is 1. The van der Waals surface area contributed by atoms with Crippen LogP contribution in [-0.4, -0.2) is 26.8 Å². The highest BCUT2D eigenvalue weighted by molar-refractivity contribution is 8.13.